The van der Waals surface area contributed by atoms with E-state index < -0.39 is 0 Å². The van der Waals surface area contributed by atoms with Gasteiger partial charge >= 0.3 is 0 Å². The molecule has 2 heteroatoms. The topological polar surface area (TPSA) is 24.7 Å². The molecule has 1 aromatic carbocycles. The van der Waals surface area contributed by atoms with E-state index >= 15 is 0 Å². The smallest absolute Gasteiger partial charge is 0.0971 e. The Bertz CT molecular complexity index is 612. The van der Waals surface area contributed by atoms with Crippen molar-refractivity contribution in [3.05, 3.63) is 42.0 Å². The van der Waals surface area contributed by atoms with Gasteiger partial charge in [0.15, 0.2) is 0 Å². The van der Waals surface area contributed by atoms with Crippen molar-refractivity contribution in [2.45, 2.75) is 40.0 Å². The van der Waals surface area contributed by atoms with Crippen molar-refractivity contribution >= 4 is 17.6 Å². The molecule has 0 spiro atoms. The molecule has 0 aliphatic rings. The molecule has 0 amide bonds. The zero-order valence-corrected chi connectivity index (χ0v) is 14.2. The summed E-state index contributed by atoms with van der Waals surface area (Å²) in [6, 6.07) is 6.47. The minimum Gasteiger partial charge on any atom is -0.299 e. The first-order chi connectivity index (χ1) is 10.7. The third-order valence-electron chi connectivity index (χ3n) is 3.32. The van der Waals surface area contributed by atoms with E-state index in [0.29, 0.717) is 0 Å². The summed E-state index contributed by atoms with van der Waals surface area (Å²) >= 11 is 0. The molecule has 0 fully saturated rings. The molecule has 0 heterocycles. The molecule has 2 nitrogen and oxygen atoms in total. The zero-order chi connectivity index (χ0) is 16.4. The van der Waals surface area contributed by atoms with Gasteiger partial charge in [-0.1, -0.05) is 44.9 Å². The number of nitrogens with zero attached hydrogens (tertiary/aromatic N) is 2. The SMILES string of the molecule is C=CC(=Nc1cc(CCC)ccc1C)C(C#CCC)C=NC. The quantitative estimate of drug-likeness (QED) is 0.524. The Morgan fingerprint density at radius 2 is 2.14 bits per heavy atom. The van der Waals surface area contributed by atoms with Gasteiger partial charge in [0, 0.05) is 19.7 Å². The van der Waals surface area contributed by atoms with Crippen LogP contribution in [0.2, 0.25) is 0 Å². The van der Waals surface area contributed by atoms with Crippen molar-refractivity contribution < 1.29 is 0 Å². The summed E-state index contributed by atoms with van der Waals surface area (Å²) in [6.07, 6.45) is 6.63. The van der Waals surface area contributed by atoms with E-state index in [1.165, 1.54) is 5.56 Å². The zero-order valence-electron chi connectivity index (χ0n) is 14.2. The van der Waals surface area contributed by atoms with Crippen LogP contribution in [0.3, 0.4) is 0 Å². The van der Waals surface area contributed by atoms with Crippen molar-refractivity contribution in [3.63, 3.8) is 0 Å². The van der Waals surface area contributed by atoms with E-state index in [-0.39, 0.29) is 5.92 Å². The fourth-order valence-electron chi connectivity index (χ4n) is 2.15. The molecule has 0 radical (unpaired) electrons. The highest BCUT2D eigenvalue weighted by atomic mass is 14.8. The Hall–Kier alpha value is -2.14. The van der Waals surface area contributed by atoms with Crippen LogP contribution in [0, 0.1) is 24.7 Å². The minimum atomic E-state index is -0.100. The Morgan fingerprint density at radius 1 is 1.36 bits per heavy atom. The minimum absolute atomic E-state index is 0.100. The molecule has 0 aromatic heterocycles. The predicted octanol–water partition coefficient (Wildman–Crippen LogP) is 4.94. The van der Waals surface area contributed by atoms with E-state index in [1.807, 2.05) is 13.1 Å². The van der Waals surface area contributed by atoms with E-state index in [9.17, 15) is 0 Å². The number of aryl methyl sites for hydroxylation is 2. The largest absolute Gasteiger partial charge is 0.299 e. The van der Waals surface area contributed by atoms with Crippen LogP contribution in [0.15, 0.2) is 40.8 Å². The van der Waals surface area contributed by atoms with Crippen LogP contribution in [-0.2, 0) is 6.42 Å². The summed E-state index contributed by atoms with van der Waals surface area (Å²) in [4.78, 5) is 8.91. The lowest BCUT2D eigenvalue weighted by Crippen LogP contribution is -2.11. The molecule has 0 N–H and O–H groups in total. The Labute approximate surface area is 135 Å². The number of allylic oxidation sites excluding steroid dienone is 1. The average molecular weight is 294 g/mol. The lowest BCUT2D eigenvalue weighted by Gasteiger charge is -2.09. The molecule has 1 unspecified atom stereocenters. The molecule has 0 bridgehead atoms. The van der Waals surface area contributed by atoms with Gasteiger partial charge in [0.25, 0.3) is 0 Å². The molecular formula is C20H26N2. The van der Waals surface area contributed by atoms with E-state index in [4.69, 9.17) is 4.99 Å². The number of hydrogen-bond acceptors (Lipinski definition) is 2. The third kappa shape index (κ3) is 5.33. The fourth-order valence-corrected chi connectivity index (χ4v) is 2.15. The number of rotatable bonds is 6. The Morgan fingerprint density at radius 3 is 2.73 bits per heavy atom. The molecular weight excluding hydrogens is 268 g/mol. The molecule has 0 saturated carbocycles. The Kier molecular flexibility index (Phi) is 7.92. The van der Waals surface area contributed by atoms with Gasteiger partial charge < -0.3 is 0 Å². The molecule has 0 aliphatic heterocycles. The van der Waals surface area contributed by atoms with Crippen LogP contribution in [0.5, 0.6) is 0 Å². The van der Waals surface area contributed by atoms with Gasteiger partial charge in [-0.3, -0.25) is 9.98 Å². The van der Waals surface area contributed by atoms with Gasteiger partial charge in [-0.15, -0.1) is 5.92 Å². The van der Waals surface area contributed by atoms with Crippen LogP contribution < -0.4 is 0 Å². The second kappa shape index (κ2) is 9.73. The highest BCUT2D eigenvalue weighted by Gasteiger charge is 2.09. The van der Waals surface area contributed by atoms with Crippen LogP contribution in [0.4, 0.5) is 5.69 Å². The van der Waals surface area contributed by atoms with E-state index in [2.05, 4.69) is 55.5 Å². The summed E-state index contributed by atoms with van der Waals surface area (Å²) in [7, 11) is 1.76. The average Bonchev–Trinajstić information content (AvgIpc) is 2.52. The summed E-state index contributed by atoms with van der Waals surface area (Å²) in [5, 5.41) is 0. The number of benzene rings is 1. The summed E-state index contributed by atoms with van der Waals surface area (Å²) in [5.74, 6) is 6.21. The first-order valence-corrected chi connectivity index (χ1v) is 7.87. The van der Waals surface area contributed by atoms with Crippen LogP contribution in [-0.4, -0.2) is 19.0 Å². The van der Waals surface area contributed by atoms with Gasteiger partial charge in [0.2, 0.25) is 0 Å². The number of hydrogen-bond donors (Lipinski definition) is 0. The second-order valence-electron chi connectivity index (χ2n) is 5.17. The molecule has 22 heavy (non-hydrogen) atoms. The lowest BCUT2D eigenvalue weighted by molar-refractivity contribution is 0.921. The van der Waals surface area contributed by atoms with Crippen molar-refractivity contribution in [1.29, 1.82) is 0 Å². The molecule has 0 saturated heterocycles. The van der Waals surface area contributed by atoms with Crippen LogP contribution in [0.1, 0.15) is 37.8 Å². The van der Waals surface area contributed by atoms with Gasteiger partial charge in [-0.05, 0) is 36.6 Å². The third-order valence-corrected chi connectivity index (χ3v) is 3.32. The van der Waals surface area contributed by atoms with Crippen molar-refractivity contribution in [1.82, 2.24) is 0 Å². The normalized spacial score (nSPS) is 12.8. The van der Waals surface area contributed by atoms with Gasteiger partial charge in [0.05, 0.1) is 17.3 Å². The first kappa shape index (κ1) is 17.9. The highest BCUT2D eigenvalue weighted by Crippen LogP contribution is 2.22. The molecule has 1 atom stereocenters. The van der Waals surface area contributed by atoms with Crippen LogP contribution >= 0.6 is 0 Å². The Balaban J connectivity index is 3.24. The highest BCUT2D eigenvalue weighted by molar-refractivity contribution is 6.09. The van der Waals surface area contributed by atoms with Gasteiger partial charge in [0.1, 0.15) is 0 Å². The molecule has 1 rings (SSSR count). The van der Waals surface area contributed by atoms with Crippen molar-refractivity contribution in [3.8, 4) is 11.8 Å². The monoisotopic (exact) mass is 294 g/mol. The maximum absolute atomic E-state index is 4.80. The van der Waals surface area contributed by atoms with E-state index in [1.54, 1.807) is 13.1 Å². The van der Waals surface area contributed by atoms with Crippen LogP contribution in [0.25, 0.3) is 0 Å². The van der Waals surface area contributed by atoms with Gasteiger partial charge in [-0.2, -0.15) is 0 Å². The maximum Gasteiger partial charge on any atom is 0.0971 e. The standard InChI is InChI=1S/C20H26N2/c1-6-9-11-18(15-21-5)19(8-3)22-20-14-17(10-7-2)13-12-16(20)4/h8,12-15,18H,3,6-7,10H2,1-2,4-5H3. The second-order valence-corrected chi connectivity index (χ2v) is 5.17. The summed E-state index contributed by atoms with van der Waals surface area (Å²) < 4.78 is 0. The number of aliphatic imine (C=N–C) groups is 2. The lowest BCUT2D eigenvalue weighted by atomic mass is 10.0. The van der Waals surface area contributed by atoms with Gasteiger partial charge in [-0.25, -0.2) is 0 Å². The summed E-state index contributed by atoms with van der Waals surface area (Å²) in [6.45, 7) is 10.2. The predicted molar refractivity (Wildman–Crippen MR) is 98.4 cm³/mol. The molecule has 0 aliphatic carbocycles. The summed E-state index contributed by atoms with van der Waals surface area (Å²) in [5.41, 5.74) is 4.32. The van der Waals surface area contributed by atoms with E-state index in [0.717, 1.165) is 36.2 Å². The van der Waals surface area contributed by atoms with Crippen molar-refractivity contribution in [2.75, 3.05) is 7.05 Å². The fraction of sp³-hybridized carbons (Fsp3) is 0.400. The first-order valence-electron chi connectivity index (χ1n) is 7.87. The molecule has 116 valence electrons. The molecule has 1 aromatic rings. The maximum atomic E-state index is 4.80. The van der Waals surface area contributed by atoms with Crippen molar-refractivity contribution in [2.24, 2.45) is 15.9 Å².